The summed E-state index contributed by atoms with van der Waals surface area (Å²) in [6.07, 6.45) is 4.61. The normalized spacial score (nSPS) is 15.4. The fourth-order valence-electron chi connectivity index (χ4n) is 2.64. The molecular formula is C14H18N2O3. The van der Waals surface area contributed by atoms with Gasteiger partial charge < -0.3 is 16.2 Å². The van der Waals surface area contributed by atoms with E-state index in [1.54, 1.807) is 0 Å². The number of hydrogen-bond acceptors (Lipinski definition) is 2. The molecule has 2 rings (SSSR count). The van der Waals surface area contributed by atoms with Gasteiger partial charge in [0.25, 0.3) is 0 Å². The van der Waals surface area contributed by atoms with E-state index in [1.165, 1.54) is 17.5 Å². The van der Waals surface area contributed by atoms with Crippen LogP contribution in [-0.4, -0.2) is 23.1 Å². The fourth-order valence-corrected chi connectivity index (χ4v) is 2.64. The molecular weight excluding hydrogens is 244 g/mol. The van der Waals surface area contributed by atoms with Crippen molar-refractivity contribution in [3.63, 3.8) is 0 Å². The molecule has 0 aliphatic heterocycles. The summed E-state index contributed by atoms with van der Waals surface area (Å²) in [5, 5.41) is 11.4. The van der Waals surface area contributed by atoms with Crippen molar-refractivity contribution in [3.05, 3.63) is 34.9 Å². The molecule has 0 spiro atoms. The molecule has 5 nitrogen and oxygen atoms in total. The van der Waals surface area contributed by atoms with Crippen LogP contribution in [0.2, 0.25) is 0 Å². The second kappa shape index (κ2) is 5.73. The van der Waals surface area contributed by atoms with Gasteiger partial charge in [-0.2, -0.15) is 0 Å². The number of primary amides is 1. The van der Waals surface area contributed by atoms with Gasteiger partial charge in [0.1, 0.15) is 6.04 Å². The summed E-state index contributed by atoms with van der Waals surface area (Å²) in [5.74, 6) is -1.06. The van der Waals surface area contributed by atoms with Gasteiger partial charge in [-0.1, -0.05) is 18.2 Å². The SMILES string of the molecule is NC(=O)NC(Cc1cccc2c1CCCC2)C(=O)O. The van der Waals surface area contributed by atoms with Crippen LogP contribution in [0.3, 0.4) is 0 Å². The molecule has 1 aliphatic rings. The highest BCUT2D eigenvalue weighted by Gasteiger charge is 2.22. The minimum absolute atomic E-state index is 0.279. The molecule has 0 bridgehead atoms. The lowest BCUT2D eigenvalue weighted by Crippen LogP contribution is -2.45. The maximum Gasteiger partial charge on any atom is 0.326 e. The highest BCUT2D eigenvalue weighted by molar-refractivity contribution is 5.81. The van der Waals surface area contributed by atoms with Gasteiger partial charge in [-0.15, -0.1) is 0 Å². The van der Waals surface area contributed by atoms with E-state index in [4.69, 9.17) is 10.8 Å². The van der Waals surface area contributed by atoms with Gasteiger partial charge in [0, 0.05) is 6.42 Å². The monoisotopic (exact) mass is 262 g/mol. The minimum Gasteiger partial charge on any atom is -0.480 e. The number of carbonyl (C=O) groups excluding carboxylic acids is 1. The quantitative estimate of drug-likeness (QED) is 0.762. The van der Waals surface area contributed by atoms with Crippen LogP contribution in [0.4, 0.5) is 4.79 Å². The third kappa shape index (κ3) is 3.24. The Bertz CT molecular complexity index is 499. The number of hydrogen-bond donors (Lipinski definition) is 3. The molecule has 102 valence electrons. The highest BCUT2D eigenvalue weighted by Crippen LogP contribution is 2.25. The molecule has 19 heavy (non-hydrogen) atoms. The molecule has 0 radical (unpaired) electrons. The number of benzene rings is 1. The number of aliphatic carboxylic acids is 1. The number of nitrogens with one attached hydrogen (secondary N) is 1. The maximum absolute atomic E-state index is 11.1. The van der Waals surface area contributed by atoms with Crippen molar-refractivity contribution in [2.75, 3.05) is 0 Å². The Hall–Kier alpha value is -2.04. The van der Waals surface area contributed by atoms with Crippen molar-refractivity contribution in [3.8, 4) is 0 Å². The molecule has 1 aromatic carbocycles. The molecule has 0 fully saturated rings. The third-order valence-corrected chi connectivity index (χ3v) is 3.53. The molecule has 1 aliphatic carbocycles. The zero-order valence-electron chi connectivity index (χ0n) is 10.7. The first kappa shape index (κ1) is 13.4. The Kier molecular flexibility index (Phi) is 4.04. The Labute approximate surface area is 111 Å². The summed E-state index contributed by atoms with van der Waals surface area (Å²) in [4.78, 5) is 22.0. The zero-order chi connectivity index (χ0) is 13.8. The number of carboxylic acid groups (broad SMARTS) is 1. The second-order valence-electron chi connectivity index (χ2n) is 4.87. The van der Waals surface area contributed by atoms with Gasteiger partial charge in [-0.25, -0.2) is 9.59 Å². The minimum atomic E-state index is -1.06. The van der Waals surface area contributed by atoms with E-state index in [2.05, 4.69) is 11.4 Å². The fraction of sp³-hybridized carbons (Fsp3) is 0.429. The van der Waals surface area contributed by atoms with Crippen LogP contribution < -0.4 is 11.1 Å². The highest BCUT2D eigenvalue weighted by atomic mass is 16.4. The van der Waals surface area contributed by atoms with E-state index in [0.29, 0.717) is 0 Å². The molecule has 0 heterocycles. The van der Waals surface area contributed by atoms with Crippen LogP contribution in [0, 0.1) is 0 Å². The topological polar surface area (TPSA) is 92.4 Å². The van der Waals surface area contributed by atoms with E-state index in [0.717, 1.165) is 24.8 Å². The van der Waals surface area contributed by atoms with Gasteiger partial charge in [0.2, 0.25) is 0 Å². The zero-order valence-corrected chi connectivity index (χ0v) is 10.7. The van der Waals surface area contributed by atoms with Crippen LogP contribution >= 0.6 is 0 Å². The number of amides is 2. The summed E-state index contributed by atoms with van der Waals surface area (Å²) in [7, 11) is 0. The Morgan fingerprint density at radius 2 is 2.05 bits per heavy atom. The lowest BCUT2D eigenvalue weighted by atomic mass is 9.86. The Morgan fingerprint density at radius 1 is 1.32 bits per heavy atom. The Balaban J connectivity index is 2.21. The van der Waals surface area contributed by atoms with Crippen LogP contribution in [0.15, 0.2) is 18.2 Å². The van der Waals surface area contributed by atoms with Crippen LogP contribution in [-0.2, 0) is 24.1 Å². The predicted molar refractivity (Wildman–Crippen MR) is 70.9 cm³/mol. The molecule has 0 saturated carbocycles. The molecule has 0 aromatic heterocycles. The second-order valence-corrected chi connectivity index (χ2v) is 4.87. The first-order valence-corrected chi connectivity index (χ1v) is 6.46. The van der Waals surface area contributed by atoms with Crippen molar-refractivity contribution in [2.45, 2.75) is 38.1 Å². The van der Waals surface area contributed by atoms with Crippen molar-refractivity contribution in [2.24, 2.45) is 5.73 Å². The summed E-state index contributed by atoms with van der Waals surface area (Å²) < 4.78 is 0. The number of rotatable bonds is 4. The summed E-state index contributed by atoms with van der Waals surface area (Å²) in [5.41, 5.74) is 8.55. The van der Waals surface area contributed by atoms with E-state index in [9.17, 15) is 9.59 Å². The van der Waals surface area contributed by atoms with Gasteiger partial charge in [0.05, 0.1) is 0 Å². The summed E-state index contributed by atoms with van der Waals surface area (Å²) in [6.45, 7) is 0. The van der Waals surface area contributed by atoms with Gasteiger partial charge in [-0.3, -0.25) is 0 Å². The standard InChI is InChI=1S/C14H18N2O3/c15-14(19)16-12(13(17)18)8-10-6-3-5-9-4-1-2-7-11(9)10/h3,5-6,12H,1-2,4,7-8H2,(H,17,18)(H3,15,16,19). The van der Waals surface area contributed by atoms with E-state index < -0.39 is 18.0 Å². The van der Waals surface area contributed by atoms with E-state index in [1.807, 2.05) is 12.1 Å². The summed E-state index contributed by atoms with van der Waals surface area (Å²) >= 11 is 0. The van der Waals surface area contributed by atoms with Crippen molar-refractivity contribution < 1.29 is 14.7 Å². The first-order valence-electron chi connectivity index (χ1n) is 6.46. The van der Waals surface area contributed by atoms with Crippen molar-refractivity contribution >= 4 is 12.0 Å². The smallest absolute Gasteiger partial charge is 0.326 e. The average Bonchev–Trinajstić information content (AvgIpc) is 2.37. The molecule has 4 N–H and O–H groups in total. The van der Waals surface area contributed by atoms with Gasteiger partial charge in [-0.05, 0) is 42.4 Å². The first-order chi connectivity index (χ1) is 9.08. The van der Waals surface area contributed by atoms with E-state index >= 15 is 0 Å². The van der Waals surface area contributed by atoms with Crippen molar-refractivity contribution in [1.29, 1.82) is 0 Å². The number of aryl methyl sites for hydroxylation is 1. The number of nitrogens with two attached hydrogens (primary N) is 1. The van der Waals surface area contributed by atoms with Crippen LogP contribution in [0.1, 0.15) is 29.5 Å². The molecule has 1 atom stereocenters. The average molecular weight is 262 g/mol. The molecule has 1 aromatic rings. The number of carboxylic acids is 1. The van der Waals surface area contributed by atoms with E-state index in [-0.39, 0.29) is 6.42 Å². The Morgan fingerprint density at radius 3 is 2.74 bits per heavy atom. The van der Waals surface area contributed by atoms with Crippen molar-refractivity contribution in [1.82, 2.24) is 5.32 Å². The number of urea groups is 1. The number of carbonyl (C=O) groups is 2. The number of fused-ring (bicyclic) bond motifs is 1. The molecule has 5 heteroatoms. The lowest BCUT2D eigenvalue weighted by Gasteiger charge is -2.21. The lowest BCUT2D eigenvalue weighted by molar-refractivity contribution is -0.139. The summed E-state index contributed by atoms with van der Waals surface area (Å²) in [6, 6.07) is 4.20. The molecule has 0 saturated heterocycles. The molecule has 2 amide bonds. The molecule has 1 unspecified atom stereocenters. The maximum atomic E-state index is 11.1. The van der Waals surface area contributed by atoms with Gasteiger partial charge >= 0.3 is 12.0 Å². The van der Waals surface area contributed by atoms with Gasteiger partial charge in [0.15, 0.2) is 0 Å². The largest absolute Gasteiger partial charge is 0.480 e. The predicted octanol–water partition coefficient (Wildman–Crippen LogP) is 1.23. The third-order valence-electron chi connectivity index (χ3n) is 3.53. The van der Waals surface area contributed by atoms with Crippen LogP contribution in [0.25, 0.3) is 0 Å². The van der Waals surface area contributed by atoms with Crippen LogP contribution in [0.5, 0.6) is 0 Å².